The van der Waals surface area contributed by atoms with Crippen molar-refractivity contribution in [3.05, 3.63) is 64.1 Å². The topological polar surface area (TPSA) is 49.7 Å². The first-order valence-electron chi connectivity index (χ1n) is 6.55. The van der Waals surface area contributed by atoms with Gasteiger partial charge in [0.1, 0.15) is 11.4 Å². The van der Waals surface area contributed by atoms with Gasteiger partial charge in [-0.3, -0.25) is 0 Å². The van der Waals surface area contributed by atoms with Crippen LogP contribution in [0.4, 0.5) is 5.69 Å². The fourth-order valence-electron chi connectivity index (χ4n) is 2.16. The number of rotatable bonds is 4. The monoisotopic (exact) mass is 267 g/mol. The second-order valence-corrected chi connectivity index (χ2v) is 4.96. The number of benzene rings is 2. The molecule has 0 fully saturated rings. The highest BCUT2D eigenvalue weighted by Crippen LogP contribution is 2.36. The molecule has 2 aromatic carbocycles. The Hall–Kier alpha value is -2.42. The number of hydrogen-bond acceptors (Lipinski definition) is 3. The molecule has 0 saturated carbocycles. The van der Waals surface area contributed by atoms with Crippen LogP contribution in [0.25, 0.3) is 12.2 Å². The van der Waals surface area contributed by atoms with Gasteiger partial charge in [-0.2, -0.15) is 0 Å². The maximum Gasteiger partial charge on any atom is 0.121 e. The van der Waals surface area contributed by atoms with Crippen LogP contribution in [-0.2, 0) is 0 Å². The van der Waals surface area contributed by atoms with E-state index in [1.807, 2.05) is 56.3 Å². The molecule has 2 aromatic rings. The summed E-state index contributed by atoms with van der Waals surface area (Å²) in [5, 5.41) is 13.1. The molecule has 0 bridgehead atoms. The van der Waals surface area contributed by atoms with Gasteiger partial charge in [0, 0.05) is 5.56 Å². The van der Waals surface area contributed by atoms with E-state index in [2.05, 4.69) is 5.18 Å². The van der Waals surface area contributed by atoms with Gasteiger partial charge in [-0.05, 0) is 34.4 Å². The average Bonchev–Trinajstić information content (AvgIpc) is 2.45. The van der Waals surface area contributed by atoms with Crippen molar-refractivity contribution < 1.29 is 5.11 Å². The molecular formula is C17H17NO2. The molecule has 0 aliphatic heterocycles. The van der Waals surface area contributed by atoms with Crippen LogP contribution in [0.3, 0.4) is 0 Å². The van der Waals surface area contributed by atoms with Crippen LogP contribution >= 0.6 is 0 Å². The Bertz CT molecular complexity index is 631. The minimum atomic E-state index is 0.0508. The summed E-state index contributed by atoms with van der Waals surface area (Å²) >= 11 is 0. The molecule has 0 aliphatic carbocycles. The van der Waals surface area contributed by atoms with Crippen LogP contribution < -0.4 is 0 Å². The van der Waals surface area contributed by atoms with E-state index in [1.54, 1.807) is 12.1 Å². The van der Waals surface area contributed by atoms with Crippen LogP contribution in [-0.4, -0.2) is 5.11 Å². The van der Waals surface area contributed by atoms with Gasteiger partial charge in [-0.1, -0.05) is 56.3 Å². The van der Waals surface area contributed by atoms with Gasteiger partial charge in [0.2, 0.25) is 0 Å². The summed E-state index contributed by atoms with van der Waals surface area (Å²) in [4.78, 5) is 10.9. The van der Waals surface area contributed by atoms with Crippen LogP contribution in [0.15, 0.2) is 47.6 Å². The summed E-state index contributed by atoms with van der Waals surface area (Å²) in [6.07, 6.45) is 3.78. The maximum atomic E-state index is 10.9. The Morgan fingerprint density at radius 2 is 1.70 bits per heavy atom. The Morgan fingerprint density at radius 3 is 2.30 bits per heavy atom. The van der Waals surface area contributed by atoms with Gasteiger partial charge in [-0.25, -0.2) is 0 Å². The molecule has 0 atom stereocenters. The summed E-state index contributed by atoms with van der Waals surface area (Å²) in [5.41, 5.74) is 2.70. The van der Waals surface area contributed by atoms with E-state index in [4.69, 9.17) is 0 Å². The van der Waals surface area contributed by atoms with E-state index in [0.717, 1.165) is 11.1 Å². The largest absolute Gasteiger partial charge is 0.508 e. The molecule has 0 amide bonds. The zero-order valence-electron chi connectivity index (χ0n) is 11.6. The lowest BCUT2D eigenvalue weighted by Gasteiger charge is -2.11. The van der Waals surface area contributed by atoms with Gasteiger partial charge in [0.05, 0.1) is 0 Å². The Morgan fingerprint density at radius 1 is 1.05 bits per heavy atom. The number of phenols is 1. The van der Waals surface area contributed by atoms with Gasteiger partial charge in [0.25, 0.3) is 0 Å². The Labute approximate surface area is 118 Å². The zero-order chi connectivity index (χ0) is 14.5. The third-order valence-electron chi connectivity index (χ3n) is 3.10. The van der Waals surface area contributed by atoms with Crippen LogP contribution in [0.1, 0.15) is 36.5 Å². The highest BCUT2D eigenvalue weighted by atomic mass is 16.3. The molecule has 1 N–H and O–H groups in total. The smallest absolute Gasteiger partial charge is 0.121 e. The maximum absolute atomic E-state index is 10.9. The molecule has 20 heavy (non-hydrogen) atoms. The summed E-state index contributed by atoms with van der Waals surface area (Å²) in [6, 6.07) is 13.2. The molecule has 3 heteroatoms. The number of nitroso groups, excluding NO2 is 1. The lowest BCUT2D eigenvalue weighted by molar-refractivity contribution is 0.465. The minimum Gasteiger partial charge on any atom is -0.508 e. The summed E-state index contributed by atoms with van der Waals surface area (Å²) in [6.45, 7) is 3.84. The van der Waals surface area contributed by atoms with Crippen molar-refractivity contribution >= 4 is 17.8 Å². The van der Waals surface area contributed by atoms with Crippen molar-refractivity contribution in [2.24, 2.45) is 5.18 Å². The van der Waals surface area contributed by atoms with Crippen LogP contribution in [0, 0.1) is 4.91 Å². The second-order valence-electron chi connectivity index (χ2n) is 4.96. The zero-order valence-corrected chi connectivity index (χ0v) is 11.6. The molecule has 3 nitrogen and oxygen atoms in total. The van der Waals surface area contributed by atoms with Crippen molar-refractivity contribution in [1.82, 2.24) is 0 Å². The number of nitrogens with zero attached hydrogens (tertiary/aromatic N) is 1. The highest BCUT2D eigenvalue weighted by molar-refractivity contribution is 5.73. The minimum absolute atomic E-state index is 0.0508. The van der Waals surface area contributed by atoms with Crippen molar-refractivity contribution in [2.75, 3.05) is 0 Å². The first-order chi connectivity index (χ1) is 9.61. The van der Waals surface area contributed by atoms with Gasteiger partial charge >= 0.3 is 0 Å². The SMILES string of the molecule is CC(C)c1c(O)cc(/C=C/c2ccccc2)cc1N=O. The standard InChI is InChI=1S/C17H17NO2/c1-12(2)17-15(18-20)10-14(11-16(17)19)9-8-13-6-4-3-5-7-13/h3-12,19H,1-2H3/b9-8+. The number of aromatic hydroxyl groups is 1. The van der Waals surface area contributed by atoms with E-state index in [0.29, 0.717) is 11.3 Å². The lowest BCUT2D eigenvalue weighted by Crippen LogP contribution is -1.90. The third-order valence-corrected chi connectivity index (χ3v) is 3.10. The Kier molecular flexibility index (Phi) is 4.31. The van der Waals surface area contributed by atoms with Crippen molar-refractivity contribution in [3.63, 3.8) is 0 Å². The summed E-state index contributed by atoms with van der Waals surface area (Å²) in [5.74, 6) is 0.166. The first-order valence-corrected chi connectivity index (χ1v) is 6.55. The normalized spacial score (nSPS) is 11.2. The molecule has 0 spiro atoms. The molecular weight excluding hydrogens is 250 g/mol. The molecule has 0 radical (unpaired) electrons. The fraction of sp³-hybridized carbons (Fsp3) is 0.176. The predicted octanol–water partition coefficient (Wildman–Crippen LogP) is 5.08. The summed E-state index contributed by atoms with van der Waals surface area (Å²) in [7, 11) is 0. The van der Waals surface area contributed by atoms with Crippen molar-refractivity contribution in [3.8, 4) is 5.75 Å². The molecule has 0 saturated heterocycles. The third kappa shape index (κ3) is 3.12. The quantitative estimate of drug-likeness (QED) is 0.620. The number of hydrogen-bond donors (Lipinski definition) is 1. The first kappa shape index (κ1) is 14.0. The molecule has 0 aliphatic rings. The van der Waals surface area contributed by atoms with Crippen LogP contribution in [0.2, 0.25) is 0 Å². The molecule has 102 valence electrons. The van der Waals surface area contributed by atoms with Crippen LogP contribution in [0.5, 0.6) is 5.75 Å². The second kappa shape index (κ2) is 6.15. The molecule has 0 unspecified atom stereocenters. The van der Waals surface area contributed by atoms with E-state index in [1.165, 1.54) is 0 Å². The van der Waals surface area contributed by atoms with Crippen molar-refractivity contribution in [2.45, 2.75) is 19.8 Å². The molecule has 2 rings (SSSR count). The van der Waals surface area contributed by atoms with Gasteiger partial charge < -0.3 is 5.11 Å². The predicted molar refractivity (Wildman–Crippen MR) is 83.0 cm³/mol. The Balaban J connectivity index is 2.37. The molecule has 0 heterocycles. The highest BCUT2D eigenvalue weighted by Gasteiger charge is 2.13. The fourth-order valence-corrected chi connectivity index (χ4v) is 2.16. The molecule has 0 aromatic heterocycles. The van der Waals surface area contributed by atoms with E-state index in [-0.39, 0.29) is 11.7 Å². The van der Waals surface area contributed by atoms with Crippen molar-refractivity contribution in [1.29, 1.82) is 0 Å². The van der Waals surface area contributed by atoms with E-state index in [9.17, 15) is 10.0 Å². The average molecular weight is 267 g/mol. The van der Waals surface area contributed by atoms with E-state index >= 15 is 0 Å². The van der Waals surface area contributed by atoms with Gasteiger partial charge in [0.15, 0.2) is 0 Å². The summed E-state index contributed by atoms with van der Waals surface area (Å²) < 4.78 is 0. The van der Waals surface area contributed by atoms with E-state index < -0.39 is 0 Å². The lowest BCUT2D eigenvalue weighted by atomic mass is 9.97. The van der Waals surface area contributed by atoms with Gasteiger partial charge in [-0.15, -0.1) is 4.91 Å². The number of phenolic OH excluding ortho intramolecular Hbond substituents is 1.